The summed E-state index contributed by atoms with van der Waals surface area (Å²) < 4.78 is 0. The Hall–Kier alpha value is 1.28. The first-order valence-corrected chi connectivity index (χ1v) is 3.00. The summed E-state index contributed by atoms with van der Waals surface area (Å²) in [6, 6.07) is 0. The maximum absolute atomic E-state index is 5.89. The second-order valence-electron chi connectivity index (χ2n) is 0. The summed E-state index contributed by atoms with van der Waals surface area (Å²) >= 11 is 0. The Morgan fingerprint density at radius 3 is 0.800 bits per heavy atom. The van der Waals surface area contributed by atoms with Crippen LogP contribution in [0.1, 0.15) is 0 Å². The molecule has 5 heavy (non-hydrogen) atoms. The van der Waals surface area contributed by atoms with Gasteiger partial charge < -0.3 is 10.8 Å². The maximum Gasteiger partial charge on any atom is 2.00 e. The third-order valence-electron chi connectivity index (χ3n) is 0. The molecular formula is H8N2PbSi2. The van der Waals surface area contributed by atoms with Gasteiger partial charge in [0, 0.05) is 0 Å². The van der Waals surface area contributed by atoms with Gasteiger partial charge in [0.25, 0.3) is 0 Å². The molecule has 0 rings (SSSR count). The zero-order valence-electron chi connectivity index (χ0n) is 3.50. The van der Waals surface area contributed by atoms with E-state index in [9.17, 15) is 0 Å². The Morgan fingerprint density at radius 2 is 0.800 bits per heavy atom. The fraction of sp³-hybridized carbons (Fsp3) is 0. The monoisotopic (exact) mass is 300 g/mol. The van der Waals surface area contributed by atoms with E-state index >= 15 is 0 Å². The average molecular weight is 299 g/mol. The Labute approximate surface area is 58.8 Å². The van der Waals surface area contributed by atoms with Gasteiger partial charge in [0.15, 0.2) is 0 Å². The Kier molecular flexibility index (Phi) is 193. The molecule has 0 aromatic carbocycles. The van der Waals surface area contributed by atoms with Crippen LogP contribution in [0.2, 0.25) is 0 Å². The van der Waals surface area contributed by atoms with Crippen molar-refractivity contribution >= 4 is 48.1 Å². The molecule has 2 N–H and O–H groups in total. The zero-order valence-corrected chi connectivity index (χ0v) is 11.4. The number of hydrogen-bond donors (Lipinski definition) is 0. The normalized spacial score (nSPS) is 3.60. The molecule has 2 radical (unpaired) electrons. The molecule has 0 heterocycles. The van der Waals surface area contributed by atoms with Crippen molar-refractivity contribution in [2.24, 2.45) is 0 Å². The van der Waals surface area contributed by atoms with E-state index in [2.05, 4.69) is 0 Å². The first-order valence-electron chi connectivity index (χ1n) is 1.00. The minimum Gasteiger partial charge on any atom is -0.687 e. The predicted molar refractivity (Wildman–Crippen MR) is 34.3 cm³/mol. The molecule has 5 heteroatoms. The van der Waals surface area contributed by atoms with Crippen molar-refractivity contribution in [3.05, 3.63) is 10.8 Å². The van der Waals surface area contributed by atoms with Crippen LogP contribution in [0.4, 0.5) is 0 Å². The SMILES string of the molecule is [NH-][SiH3].[NH-][SiH3].[Pb+2]. The molecule has 0 saturated carbocycles. The van der Waals surface area contributed by atoms with Crippen molar-refractivity contribution < 1.29 is 0 Å². The Bertz CT molecular complexity index is 7.61. The van der Waals surface area contributed by atoms with Crippen LogP contribution in [0.25, 0.3) is 10.8 Å². The van der Waals surface area contributed by atoms with Crippen LogP contribution < -0.4 is 0 Å². The zero-order chi connectivity index (χ0) is 4.00. The summed E-state index contributed by atoms with van der Waals surface area (Å²) in [6.07, 6.45) is 0. The van der Waals surface area contributed by atoms with Crippen LogP contribution in [-0.2, 0) is 0 Å². The van der Waals surface area contributed by atoms with E-state index in [1.54, 1.807) is 0 Å². The van der Waals surface area contributed by atoms with Gasteiger partial charge in [-0.05, 0) is 0 Å². The standard InChI is InChI=1S/2H4NSi.Pb/c2*1-2;/h2*1H,2H3;/q2*-1;+2. The summed E-state index contributed by atoms with van der Waals surface area (Å²) in [6.45, 7) is 0. The minimum absolute atomic E-state index is 0. The van der Waals surface area contributed by atoms with E-state index in [0.29, 0.717) is 20.8 Å². The molecule has 0 amide bonds. The molecule has 0 atom stereocenters. The van der Waals surface area contributed by atoms with Gasteiger partial charge in [0.2, 0.25) is 0 Å². The van der Waals surface area contributed by atoms with E-state index in [-0.39, 0.29) is 27.3 Å². The van der Waals surface area contributed by atoms with Crippen molar-refractivity contribution in [3.8, 4) is 0 Å². The summed E-state index contributed by atoms with van der Waals surface area (Å²) in [7, 11) is 1.11. The molecule has 0 aromatic heterocycles. The fourth-order valence-electron chi connectivity index (χ4n) is 0. The van der Waals surface area contributed by atoms with Crippen LogP contribution in [0, 0.1) is 0 Å². The second-order valence-corrected chi connectivity index (χ2v) is 0. The van der Waals surface area contributed by atoms with Crippen molar-refractivity contribution in [2.45, 2.75) is 0 Å². The van der Waals surface area contributed by atoms with Crippen LogP contribution in [0.5, 0.6) is 0 Å². The Balaban J connectivity index is -0.0000000133. The van der Waals surface area contributed by atoms with Crippen molar-refractivity contribution in [1.82, 2.24) is 0 Å². The van der Waals surface area contributed by atoms with E-state index in [4.69, 9.17) is 10.8 Å². The quantitative estimate of drug-likeness (QED) is 0.477. The first kappa shape index (κ1) is 16.3. The topological polar surface area (TPSA) is 47.6 Å². The minimum atomic E-state index is 0. The van der Waals surface area contributed by atoms with Crippen molar-refractivity contribution in [3.63, 3.8) is 0 Å². The molecule has 0 fully saturated rings. The molecule has 0 aromatic rings. The molecule has 0 spiro atoms. The Morgan fingerprint density at radius 1 is 0.800 bits per heavy atom. The predicted octanol–water partition coefficient (Wildman–Crippen LogP) is -1.74. The van der Waals surface area contributed by atoms with Crippen LogP contribution in [0.15, 0.2) is 0 Å². The number of rotatable bonds is 0. The molecule has 0 unspecified atom stereocenters. The van der Waals surface area contributed by atoms with E-state index in [0.717, 1.165) is 0 Å². The molecular weight excluding hydrogens is 291 g/mol. The van der Waals surface area contributed by atoms with Gasteiger partial charge in [-0.25, -0.2) is 0 Å². The molecule has 30 valence electrons. The summed E-state index contributed by atoms with van der Waals surface area (Å²) in [5.41, 5.74) is 0. The molecule has 2 nitrogen and oxygen atoms in total. The van der Waals surface area contributed by atoms with Gasteiger partial charge in [0.1, 0.15) is 0 Å². The van der Waals surface area contributed by atoms with E-state index in [1.165, 1.54) is 0 Å². The second kappa shape index (κ2) is 59.3. The van der Waals surface area contributed by atoms with Crippen LogP contribution in [-0.4, -0.2) is 48.1 Å². The molecule has 0 aliphatic rings. The number of hydrogen-bond acceptors (Lipinski definition) is 0. The third-order valence-corrected chi connectivity index (χ3v) is 0. The average Bonchev–Trinajstić information content (AvgIpc) is 1.50. The molecule has 0 aliphatic carbocycles. The molecule has 0 bridgehead atoms. The molecule has 0 aliphatic heterocycles. The summed E-state index contributed by atoms with van der Waals surface area (Å²) in [4.78, 5) is 0. The van der Waals surface area contributed by atoms with Gasteiger partial charge in [0.05, 0.1) is 0 Å². The maximum atomic E-state index is 5.89. The van der Waals surface area contributed by atoms with E-state index in [1.807, 2.05) is 0 Å². The van der Waals surface area contributed by atoms with E-state index < -0.39 is 0 Å². The van der Waals surface area contributed by atoms with Crippen molar-refractivity contribution in [1.29, 1.82) is 0 Å². The van der Waals surface area contributed by atoms with Gasteiger partial charge in [-0.1, -0.05) is 0 Å². The van der Waals surface area contributed by atoms with Gasteiger partial charge in [-0.15, -0.1) is 20.8 Å². The fourth-order valence-corrected chi connectivity index (χ4v) is 0. The van der Waals surface area contributed by atoms with Crippen LogP contribution in [0.3, 0.4) is 0 Å². The smallest absolute Gasteiger partial charge is 0.687 e. The van der Waals surface area contributed by atoms with Crippen molar-refractivity contribution in [2.75, 3.05) is 0 Å². The summed E-state index contributed by atoms with van der Waals surface area (Å²) in [5.74, 6) is 0. The van der Waals surface area contributed by atoms with Crippen LogP contribution >= 0.6 is 0 Å². The van der Waals surface area contributed by atoms with Gasteiger partial charge in [-0.3, -0.25) is 0 Å². The third kappa shape index (κ3) is 34.8. The largest absolute Gasteiger partial charge is 2.00 e. The summed E-state index contributed by atoms with van der Waals surface area (Å²) in [5, 5.41) is 11.8. The van der Waals surface area contributed by atoms with Gasteiger partial charge in [-0.2, -0.15) is 0 Å². The molecule has 0 saturated heterocycles. The number of nitrogens with one attached hydrogen (secondary N) is 2. The first-order chi connectivity index (χ1) is 2.00. The van der Waals surface area contributed by atoms with Gasteiger partial charge >= 0.3 is 27.3 Å².